The number of thioether (sulfide) groups is 1. The lowest BCUT2D eigenvalue weighted by atomic mass is 10.0. The van der Waals surface area contributed by atoms with Gasteiger partial charge >= 0.3 is 12.1 Å². The lowest BCUT2D eigenvalue weighted by Gasteiger charge is -2.49. The van der Waals surface area contributed by atoms with Crippen LogP contribution in [-0.4, -0.2) is 70.5 Å². The van der Waals surface area contributed by atoms with E-state index in [9.17, 15) is 24.3 Å². The molecule has 4 N–H and O–H groups in total. The van der Waals surface area contributed by atoms with Gasteiger partial charge in [0, 0.05) is 11.3 Å². The summed E-state index contributed by atoms with van der Waals surface area (Å²) in [5.74, 6) is -2.38. The van der Waals surface area contributed by atoms with E-state index in [0.717, 1.165) is 4.90 Å². The third-order valence-electron chi connectivity index (χ3n) is 4.08. The van der Waals surface area contributed by atoms with E-state index >= 15 is 0 Å². The normalized spacial score (nSPS) is 21.2. The van der Waals surface area contributed by atoms with Crippen LogP contribution in [0.25, 0.3) is 0 Å². The maximum Gasteiger partial charge on any atom is 0.404 e. The minimum atomic E-state index is -1.35. The molecule has 0 aromatic carbocycles. The SMILES string of the molecule is CON=C(C(=O)N[C@@H]1C(=O)N2C(C(=O)O)=C(COC(N)=O)CS[C@@H]12)c1ccco1. The van der Waals surface area contributed by atoms with Crippen LogP contribution < -0.4 is 11.1 Å². The Morgan fingerprint density at radius 1 is 1.48 bits per heavy atom. The van der Waals surface area contributed by atoms with Gasteiger partial charge in [-0.15, -0.1) is 11.8 Å². The topological polar surface area (TPSA) is 174 Å². The van der Waals surface area contributed by atoms with Crippen molar-refractivity contribution in [2.24, 2.45) is 10.9 Å². The summed E-state index contributed by atoms with van der Waals surface area (Å²) < 4.78 is 9.79. The number of carbonyl (C=O) groups excluding carboxylic acids is 3. The van der Waals surface area contributed by atoms with Crippen molar-refractivity contribution in [3.63, 3.8) is 0 Å². The second-order valence-electron chi connectivity index (χ2n) is 5.83. The van der Waals surface area contributed by atoms with Gasteiger partial charge in [-0.25, -0.2) is 9.59 Å². The maximum absolute atomic E-state index is 12.6. The molecule has 1 fully saturated rings. The second-order valence-corrected chi connectivity index (χ2v) is 6.93. The molecule has 2 aliphatic rings. The molecule has 1 saturated heterocycles. The van der Waals surface area contributed by atoms with E-state index in [0.29, 0.717) is 0 Å². The highest BCUT2D eigenvalue weighted by Crippen LogP contribution is 2.40. The van der Waals surface area contributed by atoms with E-state index in [1.165, 1.54) is 31.2 Å². The number of oxime groups is 1. The minimum Gasteiger partial charge on any atom is -0.477 e. The molecule has 29 heavy (non-hydrogen) atoms. The van der Waals surface area contributed by atoms with Gasteiger partial charge in [0.05, 0.1) is 6.26 Å². The molecule has 3 heterocycles. The number of ether oxygens (including phenoxy) is 1. The summed E-state index contributed by atoms with van der Waals surface area (Å²) in [6.07, 6.45) is 0.290. The number of fused-ring (bicyclic) bond motifs is 1. The van der Waals surface area contributed by atoms with Gasteiger partial charge < -0.3 is 30.1 Å². The molecular weight excluding hydrogens is 408 g/mol. The Morgan fingerprint density at radius 3 is 2.83 bits per heavy atom. The van der Waals surface area contributed by atoms with Gasteiger partial charge in [-0.1, -0.05) is 5.16 Å². The molecule has 0 saturated carbocycles. The number of primary amides is 1. The number of furan rings is 1. The first kappa shape index (κ1) is 20.3. The highest BCUT2D eigenvalue weighted by Gasteiger charge is 2.54. The molecule has 13 heteroatoms. The Hall–Kier alpha value is -3.48. The second kappa shape index (κ2) is 8.26. The van der Waals surface area contributed by atoms with Crippen molar-refractivity contribution in [3.05, 3.63) is 35.4 Å². The molecule has 0 radical (unpaired) electrons. The summed E-state index contributed by atoms with van der Waals surface area (Å²) in [6.45, 7) is -0.347. The van der Waals surface area contributed by atoms with Gasteiger partial charge in [0.15, 0.2) is 5.76 Å². The number of nitrogens with two attached hydrogens (primary N) is 1. The molecule has 0 spiro atoms. The average Bonchev–Trinajstić information content (AvgIpc) is 3.21. The summed E-state index contributed by atoms with van der Waals surface area (Å²) in [5, 5.41) is 15.0. The molecule has 3 amide bonds. The number of nitrogens with one attached hydrogen (secondary N) is 1. The highest BCUT2D eigenvalue weighted by atomic mass is 32.2. The number of β-lactam (4-membered cyclic amide) rings is 1. The summed E-state index contributed by atoms with van der Waals surface area (Å²) in [6, 6.07) is 2.08. The van der Waals surface area contributed by atoms with E-state index < -0.39 is 35.3 Å². The Kier molecular flexibility index (Phi) is 5.77. The summed E-state index contributed by atoms with van der Waals surface area (Å²) in [5.41, 5.74) is 4.68. The number of amides is 3. The van der Waals surface area contributed by atoms with Crippen molar-refractivity contribution in [2.45, 2.75) is 11.4 Å². The molecule has 1 aromatic rings. The number of carboxylic acid groups (broad SMARTS) is 1. The Morgan fingerprint density at radius 2 is 2.24 bits per heavy atom. The first-order valence-corrected chi connectivity index (χ1v) is 9.18. The fourth-order valence-electron chi connectivity index (χ4n) is 2.87. The van der Waals surface area contributed by atoms with Crippen LogP contribution >= 0.6 is 11.8 Å². The highest BCUT2D eigenvalue weighted by molar-refractivity contribution is 8.00. The van der Waals surface area contributed by atoms with Crippen LogP contribution in [0.1, 0.15) is 5.76 Å². The fraction of sp³-hybridized carbons (Fsp3) is 0.312. The van der Waals surface area contributed by atoms with Gasteiger partial charge in [0.2, 0.25) is 5.71 Å². The van der Waals surface area contributed by atoms with Crippen molar-refractivity contribution in [1.82, 2.24) is 10.2 Å². The Bertz CT molecular complexity index is 910. The third-order valence-corrected chi connectivity index (χ3v) is 5.42. The fourth-order valence-corrected chi connectivity index (χ4v) is 4.19. The number of carboxylic acids is 1. The Balaban J connectivity index is 1.77. The largest absolute Gasteiger partial charge is 0.477 e. The van der Waals surface area contributed by atoms with Crippen molar-refractivity contribution < 1.29 is 38.3 Å². The zero-order valence-electron chi connectivity index (χ0n) is 15.0. The number of nitrogens with zero attached hydrogens (tertiary/aromatic N) is 2. The minimum absolute atomic E-state index is 0.140. The first-order chi connectivity index (χ1) is 13.8. The maximum atomic E-state index is 12.6. The molecule has 12 nitrogen and oxygen atoms in total. The summed E-state index contributed by atoms with van der Waals surface area (Å²) in [4.78, 5) is 53.3. The number of hydrogen-bond acceptors (Lipinski definition) is 9. The van der Waals surface area contributed by atoms with Gasteiger partial charge in [-0.05, 0) is 12.1 Å². The van der Waals surface area contributed by atoms with Crippen molar-refractivity contribution in [3.8, 4) is 0 Å². The summed E-state index contributed by atoms with van der Waals surface area (Å²) >= 11 is 1.21. The van der Waals surface area contributed by atoms with Crippen molar-refractivity contribution >= 4 is 41.4 Å². The van der Waals surface area contributed by atoms with Crippen LogP contribution in [0, 0.1) is 0 Å². The number of hydrogen-bond donors (Lipinski definition) is 3. The predicted octanol–water partition coefficient (Wildman–Crippen LogP) is -0.536. The molecular formula is C16H16N4O8S. The Labute approximate surface area is 167 Å². The smallest absolute Gasteiger partial charge is 0.404 e. The quantitative estimate of drug-likeness (QED) is 0.295. The van der Waals surface area contributed by atoms with Crippen LogP contribution in [0.4, 0.5) is 4.79 Å². The monoisotopic (exact) mass is 424 g/mol. The van der Waals surface area contributed by atoms with E-state index in [-0.39, 0.29) is 35.1 Å². The van der Waals surface area contributed by atoms with E-state index in [1.807, 2.05) is 0 Å². The van der Waals surface area contributed by atoms with Gasteiger partial charge in [-0.2, -0.15) is 0 Å². The zero-order chi connectivity index (χ0) is 21.1. The standard InChI is InChI=1S/C16H16N4O8S/c1-26-19-9(8-3-2-4-27-8)12(21)18-10-13(22)20-11(15(23)24)7(5-28-16(17)25)6-29-14(10)20/h2-4,10,14H,5-6H2,1H3,(H2,17,25)(H,18,21)(H,23,24)/t10-,14+/m1/s1. The van der Waals surface area contributed by atoms with Crippen LogP contribution in [0.5, 0.6) is 0 Å². The van der Waals surface area contributed by atoms with Crippen LogP contribution in [-0.2, 0) is 24.0 Å². The molecule has 2 aliphatic heterocycles. The molecule has 154 valence electrons. The van der Waals surface area contributed by atoms with E-state index in [2.05, 4.69) is 20.0 Å². The molecule has 1 aromatic heterocycles. The molecule has 2 atom stereocenters. The van der Waals surface area contributed by atoms with E-state index in [1.54, 1.807) is 6.07 Å². The lowest BCUT2D eigenvalue weighted by Crippen LogP contribution is -2.71. The summed E-state index contributed by atoms with van der Waals surface area (Å²) in [7, 11) is 1.25. The zero-order valence-corrected chi connectivity index (χ0v) is 15.8. The van der Waals surface area contributed by atoms with Gasteiger partial charge in [0.1, 0.15) is 30.8 Å². The van der Waals surface area contributed by atoms with Crippen LogP contribution in [0.3, 0.4) is 0 Å². The van der Waals surface area contributed by atoms with Crippen molar-refractivity contribution in [2.75, 3.05) is 19.5 Å². The average molecular weight is 424 g/mol. The van der Waals surface area contributed by atoms with Gasteiger partial charge in [0.25, 0.3) is 11.8 Å². The molecule has 0 aliphatic carbocycles. The molecule has 0 bridgehead atoms. The predicted molar refractivity (Wildman–Crippen MR) is 97.5 cm³/mol. The van der Waals surface area contributed by atoms with Crippen LogP contribution in [0.15, 0.2) is 39.2 Å². The number of rotatable bonds is 7. The van der Waals surface area contributed by atoms with E-state index in [4.69, 9.17) is 10.2 Å². The van der Waals surface area contributed by atoms with Crippen molar-refractivity contribution in [1.29, 1.82) is 0 Å². The number of aliphatic carboxylic acids is 1. The molecule has 3 rings (SSSR count). The third kappa shape index (κ3) is 3.89. The van der Waals surface area contributed by atoms with Crippen LogP contribution in [0.2, 0.25) is 0 Å². The lowest BCUT2D eigenvalue weighted by molar-refractivity contribution is -0.150. The number of carbonyl (C=O) groups is 4. The molecule has 0 unspecified atom stereocenters. The van der Waals surface area contributed by atoms with Gasteiger partial charge in [-0.3, -0.25) is 14.5 Å². The first-order valence-electron chi connectivity index (χ1n) is 8.13.